The number of thiophene rings is 2. The van der Waals surface area contributed by atoms with E-state index in [1.54, 1.807) is 0 Å². The average molecular weight is 751 g/mol. The van der Waals surface area contributed by atoms with E-state index in [1.165, 1.54) is 74.0 Å². The quantitative estimate of drug-likeness (QED) is 0.157. The Labute approximate surface area is 333 Å². The van der Waals surface area contributed by atoms with Gasteiger partial charge in [-0.2, -0.15) is 0 Å². The van der Waals surface area contributed by atoms with Crippen LogP contribution in [0.1, 0.15) is 0 Å². The van der Waals surface area contributed by atoms with Crippen LogP contribution in [-0.4, -0.2) is 4.57 Å². The number of benzene rings is 8. The van der Waals surface area contributed by atoms with Crippen molar-refractivity contribution in [2.75, 3.05) is 4.90 Å². The Morgan fingerprint density at radius 1 is 0.357 bits per heavy atom. The lowest BCUT2D eigenvalue weighted by Gasteiger charge is -2.26. The number of hydrogen-bond acceptors (Lipinski definition) is 3. The summed E-state index contributed by atoms with van der Waals surface area (Å²) in [7, 11) is 0. The molecule has 8 aromatic carbocycles. The van der Waals surface area contributed by atoms with E-state index in [2.05, 4.69) is 216 Å². The molecule has 0 amide bonds. The van der Waals surface area contributed by atoms with Crippen molar-refractivity contribution in [1.82, 2.24) is 4.57 Å². The van der Waals surface area contributed by atoms with Gasteiger partial charge in [-0.1, -0.05) is 127 Å². The van der Waals surface area contributed by atoms with Crippen LogP contribution in [0.3, 0.4) is 0 Å². The van der Waals surface area contributed by atoms with Gasteiger partial charge in [-0.25, -0.2) is 0 Å². The summed E-state index contributed by atoms with van der Waals surface area (Å²) in [6.45, 7) is 0. The molecule has 0 fully saturated rings. The van der Waals surface area contributed by atoms with Crippen LogP contribution in [0.15, 0.2) is 206 Å². The van der Waals surface area contributed by atoms with Gasteiger partial charge in [0.25, 0.3) is 0 Å². The highest BCUT2D eigenvalue weighted by atomic mass is 32.1. The molecule has 0 aliphatic carbocycles. The molecule has 0 unspecified atom stereocenters. The molecule has 11 aromatic rings. The minimum absolute atomic E-state index is 1.11. The molecule has 2 nitrogen and oxygen atoms in total. The number of anilines is 3. The lowest BCUT2D eigenvalue weighted by atomic mass is 10.0. The molecule has 0 radical (unpaired) electrons. The number of rotatable bonds is 7. The molecule has 11 rings (SSSR count). The van der Waals surface area contributed by atoms with E-state index in [4.69, 9.17) is 0 Å². The third kappa shape index (κ3) is 5.53. The monoisotopic (exact) mass is 750 g/mol. The first-order valence-electron chi connectivity index (χ1n) is 18.9. The average Bonchev–Trinajstić information content (AvgIpc) is 4.00. The van der Waals surface area contributed by atoms with Crippen molar-refractivity contribution in [2.45, 2.75) is 0 Å². The fraction of sp³-hybridized carbons (Fsp3) is 0. The lowest BCUT2D eigenvalue weighted by molar-refractivity contribution is 1.18. The molecule has 3 aromatic heterocycles. The first-order chi connectivity index (χ1) is 27.8. The third-order valence-corrected chi connectivity index (χ3v) is 13.2. The third-order valence-electron chi connectivity index (χ3n) is 10.8. The molecule has 0 atom stereocenters. The summed E-state index contributed by atoms with van der Waals surface area (Å²) in [6, 6.07) is 75.0. The molecular weight excluding hydrogens is 717 g/mol. The lowest BCUT2D eigenvalue weighted by Crippen LogP contribution is -2.09. The highest BCUT2D eigenvalue weighted by Gasteiger charge is 2.19. The fourth-order valence-corrected chi connectivity index (χ4v) is 10.4. The zero-order chi connectivity index (χ0) is 37.0. The van der Waals surface area contributed by atoms with Crippen molar-refractivity contribution in [3.63, 3.8) is 0 Å². The van der Waals surface area contributed by atoms with E-state index in [-0.39, 0.29) is 0 Å². The normalized spacial score (nSPS) is 11.6. The number of aromatic nitrogens is 1. The summed E-state index contributed by atoms with van der Waals surface area (Å²) in [5.41, 5.74) is 11.8. The second-order valence-corrected chi connectivity index (χ2v) is 16.3. The zero-order valence-electron chi connectivity index (χ0n) is 30.3. The van der Waals surface area contributed by atoms with E-state index in [0.717, 1.165) is 22.7 Å². The minimum atomic E-state index is 1.11. The topological polar surface area (TPSA) is 8.17 Å². The maximum Gasteiger partial charge on any atom is 0.0542 e. The van der Waals surface area contributed by atoms with Crippen LogP contribution in [0, 0.1) is 0 Å². The number of hydrogen-bond donors (Lipinski definition) is 0. The summed E-state index contributed by atoms with van der Waals surface area (Å²) >= 11 is 3.71. The van der Waals surface area contributed by atoms with E-state index in [0.29, 0.717) is 0 Å². The van der Waals surface area contributed by atoms with Gasteiger partial charge in [0.05, 0.1) is 11.0 Å². The van der Waals surface area contributed by atoms with Gasteiger partial charge < -0.3 is 9.47 Å². The molecule has 264 valence electrons. The molecule has 0 saturated heterocycles. The second-order valence-electron chi connectivity index (χ2n) is 14.1. The van der Waals surface area contributed by atoms with E-state index in [9.17, 15) is 0 Å². The smallest absolute Gasteiger partial charge is 0.0542 e. The highest BCUT2D eigenvalue weighted by Crippen LogP contribution is 2.44. The molecule has 0 saturated carbocycles. The van der Waals surface area contributed by atoms with Gasteiger partial charge in [-0.15, -0.1) is 22.7 Å². The van der Waals surface area contributed by atoms with Gasteiger partial charge in [0.2, 0.25) is 0 Å². The van der Waals surface area contributed by atoms with Crippen LogP contribution in [0.25, 0.3) is 79.7 Å². The van der Waals surface area contributed by atoms with Gasteiger partial charge >= 0.3 is 0 Å². The summed E-state index contributed by atoms with van der Waals surface area (Å²) in [5.74, 6) is 0. The fourth-order valence-electron chi connectivity index (χ4n) is 8.19. The van der Waals surface area contributed by atoms with Crippen LogP contribution < -0.4 is 4.90 Å². The van der Waals surface area contributed by atoms with Crippen LogP contribution in [0.2, 0.25) is 0 Å². The highest BCUT2D eigenvalue weighted by molar-refractivity contribution is 7.26. The van der Waals surface area contributed by atoms with E-state index in [1.807, 2.05) is 22.7 Å². The Kier molecular flexibility index (Phi) is 7.90. The van der Waals surface area contributed by atoms with Gasteiger partial charge in [-0.3, -0.25) is 0 Å². The molecule has 3 heterocycles. The molecule has 0 spiro atoms. The number of para-hydroxylation sites is 2. The molecule has 56 heavy (non-hydrogen) atoms. The summed E-state index contributed by atoms with van der Waals surface area (Å²) < 4.78 is 5.03. The zero-order valence-corrected chi connectivity index (χ0v) is 32.0. The van der Waals surface area contributed by atoms with Gasteiger partial charge in [0.1, 0.15) is 0 Å². The maximum absolute atomic E-state index is 2.39. The Hall–Kier alpha value is -6.72. The van der Waals surface area contributed by atoms with Crippen molar-refractivity contribution < 1.29 is 0 Å². The van der Waals surface area contributed by atoms with Gasteiger partial charge in [0.15, 0.2) is 0 Å². The summed E-state index contributed by atoms with van der Waals surface area (Å²) in [4.78, 5) is 4.93. The Morgan fingerprint density at radius 2 is 0.929 bits per heavy atom. The molecule has 0 bridgehead atoms. The predicted molar refractivity (Wildman–Crippen MR) is 243 cm³/mol. The van der Waals surface area contributed by atoms with E-state index >= 15 is 0 Å². The molecule has 0 aliphatic rings. The molecule has 4 heteroatoms. The largest absolute Gasteiger partial charge is 0.310 e. The SMILES string of the molecule is c1ccc(-c2ccc(-c3ccc(N(c4ccc(-c5cccc6c5sc5ccccc56)cc4)c4ccc5c(c4)c4ccccc4n5-c4ccccc4)cc3)s2)cc1. The van der Waals surface area contributed by atoms with Crippen LogP contribution >= 0.6 is 22.7 Å². The van der Waals surface area contributed by atoms with Crippen molar-refractivity contribution in [3.05, 3.63) is 206 Å². The van der Waals surface area contributed by atoms with Crippen LogP contribution in [-0.2, 0) is 0 Å². The predicted octanol–water partition coefficient (Wildman–Crippen LogP) is 15.7. The number of fused-ring (bicyclic) bond motifs is 6. The Morgan fingerprint density at radius 3 is 1.68 bits per heavy atom. The van der Waals surface area contributed by atoms with Crippen LogP contribution in [0.5, 0.6) is 0 Å². The Balaban J connectivity index is 1.04. The molecular formula is C52H34N2S2. The molecule has 0 N–H and O–H groups in total. The van der Waals surface area contributed by atoms with Crippen molar-refractivity contribution >= 4 is 81.7 Å². The first-order valence-corrected chi connectivity index (χ1v) is 20.6. The summed E-state index contributed by atoms with van der Waals surface area (Å²) in [5, 5.41) is 5.10. The van der Waals surface area contributed by atoms with Crippen molar-refractivity contribution in [3.8, 4) is 37.7 Å². The minimum Gasteiger partial charge on any atom is -0.310 e. The molecule has 0 aliphatic heterocycles. The van der Waals surface area contributed by atoms with Crippen molar-refractivity contribution in [1.29, 1.82) is 0 Å². The van der Waals surface area contributed by atoms with Crippen LogP contribution in [0.4, 0.5) is 17.1 Å². The maximum atomic E-state index is 2.39. The second kappa shape index (κ2) is 13.5. The van der Waals surface area contributed by atoms with Gasteiger partial charge in [0, 0.05) is 63.4 Å². The first kappa shape index (κ1) is 32.7. The Bertz CT molecular complexity index is 3170. The van der Waals surface area contributed by atoms with Gasteiger partial charge in [-0.05, 0) is 101 Å². The standard InChI is InChI=1S/C52H34N2S2/c1-3-12-36(13-4-1)49-32-33-50(55-49)37-24-28-40(29-25-37)53(39-26-22-35(23-27-39)42-18-11-19-45-44-17-8-10-21-51(44)56-52(42)45)41-30-31-48-46(34-41)43-16-7-9-20-47(43)54(48)38-14-5-2-6-15-38/h1-34H. The van der Waals surface area contributed by atoms with Crippen molar-refractivity contribution in [2.24, 2.45) is 0 Å². The number of nitrogens with zero attached hydrogens (tertiary/aromatic N) is 2. The summed E-state index contributed by atoms with van der Waals surface area (Å²) in [6.07, 6.45) is 0. The van der Waals surface area contributed by atoms with E-state index < -0.39 is 0 Å².